The van der Waals surface area contributed by atoms with Crippen molar-refractivity contribution in [1.29, 1.82) is 0 Å². The van der Waals surface area contributed by atoms with Crippen molar-refractivity contribution in [2.75, 3.05) is 44.2 Å². The maximum absolute atomic E-state index is 13.0. The lowest BCUT2D eigenvalue weighted by Gasteiger charge is -2.42. The van der Waals surface area contributed by atoms with Crippen LogP contribution in [0.5, 0.6) is 0 Å². The third-order valence-corrected chi connectivity index (χ3v) is 7.91. The highest BCUT2D eigenvalue weighted by atomic mass is 32.2. The zero-order valence-corrected chi connectivity index (χ0v) is 17.9. The van der Waals surface area contributed by atoms with Crippen LogP contribution in [-0.2, 0) is 14.8 Å². The summed E-state index contributed by atoms with van der Waals surface area (Å²) in [5, 5.41) is 0.785. The molecule has 0 bridgehead atoms. The summed E-state index contributed by atoms with van der Waals surface area (Å²) in [6, 6.07) is 19.2. The molecule has 7 nitrogen and oxygen atoms in total. The Balaban J connectivity index is 1.19. The van der Waals surface area contributed by atoms with E-state index in [1.54, 1.807) is 6.07 Å². The number of anilines is 1. The minimum atomic E-state index is -3.64. The molecular weight excluding hydrogens is 412 g/mol. The Labute approximate surface area is 181 Å². The summed E-state index contributed by atoms with van der Waals surface area (Å²) in [5.41, 5.74) is 1.92. The van der Waals surface area contributed by atoms with Crippen LogP contribution in [0.25, 0.3) is 10.9 Å². The Morgan fingerprint density at radius 2 is 1.58 bits per heavy atom. The molecular formula is C23H24N4O3S. The summed E-state index contributed by atoms with van der Waals surface area (Å²) in [5.74, 6) is -0.220. The zero-order valence-electron chi connectivity index (χ0n) is 17.1. The second-order valence-corrected chi connectivity index (χ2v) is 9.97. The number of benzene rings is 2. The first-order valence-electron chi connectivity index (χ1n) is 10.5. The summed E-state index contributed by atoms with van der Waals surface area (Å²) < 4.78 is 27.3. The number of carbonyl (C=O) groups excluding carboxylic acids is 1. The topological polar surface area (TPSA) is 73.8 Å². The van der Waals surface area contributed by atoms with Gasteiger partial charge in [-0.15, -0.1) is 0 Å². The summed E-state index contributed by atoms with van der Waals surface area (Å²) in [6.45, 7) is 3.34. The Bertz CT molecular complexity index is 1200. The average molecular weight is 437 g/mol. The van der Waals surface area contributed by atoms with Gasteiger partial charge in [0.2, 0.25) is 15.9 Å². The molecule has 160 valence electrons. The number of rotatable bonds is 4. The molecule has 2 aromatic carbocycles. The second-order valence-electron chi connectivity index (χ2n) is 8.03. The maximum Gasteiger partial charge on any atom is 0.244 e. The van der Waals surface area contributed by atoms with Gasteiger partial charge in [-0.25, -0.2) is 8.42 Å². The zero-order chi connectivity index (χ0) is 21.4. The predicted octanol–water partition coefficient (Wildman–Crippen LogP) is 2.20. The number of aromatic nitrogens is 1. The number of nitrogens with zero attached hydrogens (tertiary/aromatic N) is 4. The van der Waals surface area contributed by atoms with Gasteiger partial charge in [-0.05, 0) is 24.3 Å². The largest absolute Gasteiger partial charge is 0.368 e. The van der Waals surface area contributed by atoms with E-state index in [0.29, 0.717) is 13.1 Å². The fraction of sp³-hybridized carbons (Fsp3) is 0.304. The molecule has 3 aromatic rings. The first-order chi connectivity index (χ1) is 15.0. The molecule has 5 rings (SSSR count). The van der Waals surface area contributed by atoms with Gasteiger partial charge in [0.1, 0.15) is 4.90 Å². The molecule has 2 aliphatic heterocycles. The van der Waals surface area contributed by atoms with Crippen molar-refractivity contribution in [3.8, 4) is 0 Å². The number of pyridine rings is 1. The van der Waals surface area contributed by atoms with Crippen LogP contribution < -0.4 is 4.90 Å². The first kappa shape index (κ1) is 20.0. The van der Waals surface area contributed by atoms with Crippen molar-refractivity contribution in [3.05, 3.63) is 66.9 Å². The number of para-hydroxylation sites is 2. The quantitative estimate of drug-likeness (QED) is 0.627. The second kappa shape index (κ2) is 7.94. The van der Waals surface area contributed by atoms with E-state index in [9.17, 15) is 13.2 Å². The van der Waals surface area contributed by atoms with Crippen molar-refractivity contribution in [2.45, 2.75) is 4.90 Å². The summed E-state index contributed by atoms with van der Waals surface area (Å²) in [4.78, 5) is 21.5. The van der Waals surface area contributed by atoms with E-state index in [2.05, 4.69) is 22.0 Å². The van der Waals surface area contributed by atoms with Crippen molar-refractivity contribution in [2.24, 2.45) is 5.92 Å². The average Bonchev–Trinajstić information content (AvgIpc) is 2.78. The lowest BCUT2D eigenvalue weighted by molar-refractivity contribution is -0.139. The van der Waals surface area contributed by atoms with Crippen molar-refractivity contribution < 1.29 is 13.2 Å². The van der Waals surface area contributed by atoms with Crippen LogP contribution >= 0.6 is 0 Å². The van der Waals surface area contributed by atoms with Crippen LogP contribution in [0.1, 0.15) is 0 Å². The van der Waals surface area contributed by atoms with Gasteiger partial charge in [-0.1, -0.05) is 36.4 Å². The molecule has 0 spiro atoms. The van der Waals surface area contributed by atoms with E-state index >= 15 is 0 Å². The van der Waals surface area contributed by atoms with Gasteiger partial charge in [0.05, 0.1) is 11.4 Å². The molecule has 0 aliphatic carbocycles. The molecule has 31 heavy (non-hydrogen) atoms. The predicted molar refractivity (Wildman–Crippen MR) is 119 cm³/mol. The minimum Gasteiger partial charge on any atom is -0.368 e. The number of sulfonamides is 1. The lowest BCUT2D eigenvalue weighted by atomic mass is 10.0. The maximum atomic E-state index is 13.0. The number of amides is 1. The van der Waals surface area contributed by atoms with E-state index in [4.69, 9.17) is 0 Å². The number of fused-ring (bicyclic) bond motifs is 1. The molecule has 1 amide bonds. The van der Waals surface area contributed by atoms with Crippen LogP contribution in [0.2, 0.25) is 0 Å². The summed E-state index contributed by atoms with van der Waals surface area (Å²) in [7, 11) is -3.64. The number of piperazine rings is 1. The fourth-order valence-corrected chi connectivity index (χ4v) is 5.73. The van der Waals surface area contributed by atoms with Gasteiger partial charge in [0.25, 0.3) is 0 Å². The molecule has 8 heteroatoms. The van der Waals surface area contributed by atoms with Gasteiger partial charge in [0.15, 0.2) is 0 Å². The van der Waals surface area contributed by atoms with Crippen LogP contribution in [0.4, 0.5) is 5.69 Å². The van der Waals surface area contributed by atoms with Crippen LogP contribution in [0, 0.1) is 5.92 Å². The molecule has 2 fully saturated rings. The molecule has 1 aromatic heterocycles. The molecule has 0 unspecified atom stereocenters. The van der Waals surface area contributed by atoms with Crippen molar-refractivity contribution in [3.63, 3.8) is 0 Å². The van der Waals surface area contributed by atoms with E-state index < -0.39 is 10.0 Å². The standard InChI is InChI=1S/C23H24N4O3S/c28-23(26-12-10-25(11-13-26)20-7-2-1-3-8-20)19-16-27(17-19)31(29,30)21-14-18-6-4-5-9-22(18)24-15-21/h1-9,14-15,19H,10-13,16-17H2. The van der Waals surface area contributed by atoms with Gasteiger partial charge >= 0.3 is 0 Å². The number of hydrogen-bond donors (Lipinski definition) is 0. The molecule has 0 N–H and O–H groups in total. The Morgan fingerprint density at radius 3 is 2.32 bits per heavy atom. The number of hydrogen-bond acceptors (Lipinski definition) is 5. The van der Waals surface area contributed by atoms with E-state index in [1.165, 1.54) is 16.2 Å². The van der Waals surface area contributed by atoms with Crippen LogP contribution in [-0.4, -0.2) is 67.8 Å². The minimum absolute atomic E-state index is 0.0517. The molecule has 0 atom stereocenters. The van der Waals surface area contributed by atoms with Gasteiger partial charge < -0.3 is 9.80 Å². The SMILES string of the molecule is O=C(C1CN(S(=O)(=O)c2cnc3ccccc3c2)C1)N1CCN(c2ccccc2)CC1. The summed E-state index contributed by atoms with van der Waals surface area (Å²) >= 11 is 0. The van der Waals surface area contributed by atoms with Crippen molar-refractivity contribution in [1.82, 2.24) is 14.2 Å². The van der Waals surface area contributed by atoms with Gasteiger partial charge in [-0.2, -0.15) is 4.31 Å². The third kappa shape index (κ3) is 3.77. The first-order valence-corrected chi connectivity index (χ1v) is 11.9. The van der Waals surface area contributed by atoms with Crippen LogP contribution in [0.3, 0.4) is 0 Å². The smallest absolute Gasteiger partial charge is 0.244 e. The van der Waals surface area contributed by atoms with Crippen LogP contribution in [0.15, 0.2) is 71.8 Å². The van der Waals surface area contributed by atoms with E-state index in [-0.39, 0.29) is 29.8 Å². The Hall–Kier alpha value is -2.97. The fourth-order valence-electron chi connectivity index (χ4n) is 4.21. The van der Waals surface area contributed by atoms with E-state index in [1.807, 2.05) is 47.4 Å². The molecule has 0 saturated carbocycles. The van der Waals surface area contributed by atoms with Gasteiger partial charge in [-0.3, -0.25) is 9.78 Å². The van der Waals surface area contributed by atoms with E-state index in [0.717, 1.165) is 24.0 Å². The highest BCUT2D eigenvalue weighted by molar-refractivity contribution is 7.89. The number of carbonyl (C=O) groups is 1. The highest BCUT2D eigenvalue weighted by Gasteiger charge is 2.42. The lowest BCUT2D eigenvalue weighted by Crippen LogP contribution is -2.59. The van der Waals surface area contributed by atoms with Gasteiger partial charge in [0, 0.05) is 56.5 Å². The monoisotopic (exact) mass is 436 g/mol. The Kier molecular flexibility index (Phi) is 5.11. The highest BCUT2D eigenvalue weighted by Crippen LogP contribution is 2.28. The summed E-state index contributed by atoms with van der Waals surface area (Å²) in [6.07, 6.45) is 1.40. The van der Waals surface area contributed by atoms with Crippen molar-refractivity contribution >= 4 is 32.5 Å². The molecule has 3 heterocycles. The normalized spacial score (nSPS) is 18.2. The third-order valence-electron chi connectivity index (χ3n) is 6.11. The molecule has 2 saturated heterocycles. The Morgan fingerprint density at radius 1 is 0.903 bits per heavy atom. The molecule has 2 aliphatic rings. The molecule has 0 radical (unpaired) electrons.